The topological polar surface area (TPSA) is 55.7 Å². The lowest BCUT2D eigenvalue weighted by atomic mass is 10.2. The molecular formula is C6H9NO3. The zero-order valence-electron chi connectivity index (χ0n) is 5.96. The molecule has 0 fully saturated rings. The largest absolute Gasteiger partial charge is 0.384 e. The van der Waals surface area contributed by atoms with E-state index in [0.29, 0.717) is 0 Å². The molecule has 0 aromatic rings. The van der Waals surface area contributed by atoms with E-state index in [9.17, 15) is 9.59 Å². The number of carbonyl (C=O) groups is 1. The molecular weight excluding hydrogens is 134 g/mol. The average Bonchev–Trinajstić information content (AvgIpc) is 1.89. The van der Waals surface area contributed by atoms with Gasteiger partial charge in [-0.2, -0.15) is 0 Å². The molecule has 0 radical (unpaired) electrons. The van der Waals surface area contributed by atoms with Crippen molar-refractivity contribution < 1.29 is 14.3 Å². The molecule has 0 heterocycles. The molecule has 1 unspecified atom stereocenters. The summed E-state index contributed by atoms with van der Waals surface area (Å²) in [6, 6.07) is 0. The highest BCUT2D eigenvalue weighted by molar-refractivity contribution is 5.83. The lowest BCUT2D eigenvalue weighted by molar-refractivity contribution is -0.122. The molecule has 0 aliphatic rings. The number of aliphatic imine (C=N–C) groups is 1. The third-order valence-corrected chi connectivity index (χ3v) is 0.994. The summed E-state index contributed by atoms with van der Waals surface area (Å²) in [5, 5.41) is 0. The van der Waals surface area contributed by atoms with Crippen LogP contribution < -0.4 is 0 Å². The Morgan fingerprint density at radius 1 is 1.80 bits per heavy atom. The van der Waals surface area contributed by atoms with Crippen LogP contribution in [0.25, 0.3) is 0 Å². The second-order valence-electron chi connectivity index (χ2n) is 1.90. The van der Waals surface area contributed by atoms with Crippen molar-refractivity contribution in [1.29, 1.82) is 0 Å². The van der Waals surface area contributed by atoms with Gasteiger partial charge in [-0.1, -0.05) is 6.92 Å². The van der Waals surface area contributed by atoms with E-state index >= 15 is 0 Å². The van der Waals surface area contributed by atoms with Gasteiger partial charge in [-0.05, 0) is 0 Å². The minimum Gasteiger partial charge on any atom is -0.384 e. The number of nitrogens with zero attached hydrogens (tertiary/aromatic N) is 1. The van der Waals surface area contributed by atoms with Crippen molar-refractivity contribution in [1.82, 2.24) is 0 Å². The van der Waals surface area contributed by atoms with Crippen LogP contribution in [0, 0.1) is 5.92 Å². The monoisotopic (exact) mass is 143 g/mol. The Balaban J connectivity index is 3.81. The van der Waals surface area contributed by atoms with Crippen LogP contribution in [-0.2, 0) is 14.3 Å². The summed E-state index contributed by atoms with van der Waals surface area (Å²) >= 11 is 0. The Labute approximate surface area is 58.9 Å². The van der Waals surface area contributed by atoms with Crippen LogP contribution in [0.2, 0.25) is 0 Å². The predicted molar refractivity (Wildman–Crippen MR) is 34.2 cm³/mol. The van der Waals surface area contributed by atoms with E-state index in [2.05, 4.69) is 9.73 Å². The Hall–Kier alpha value is -0.990. The summed E-state index contributed by atoms with van der Waals surface area (Å²) in [5.41, 5.74) is 0. The van der Waals surface area contributed by atoms with E-state index in [1.54, 1.807) is 6.92 Å². The van der Waals surface area contributed by atoms with Gasteiger partial charge >= 0.3 is 0 Å². The molecule has 1 amide bonds. The van der Waals surface area contributed by atoms with Gasteiger partial charge in [-0.25, -0.2) is 4.79 Å². The summed E-state index contributed by atoms with van der Waals surface area (Å²) in [6.07, 6.45) is 1.18. The van der Waals surface area contributed by atoms with Gasteiger partial charge in [0.05, 0.1) is 12.5 Å². The van der Waals surface area contributed by atoms with Gasteiger partial charge in [0.15, 0.2) is 0 Å². The summed E-state index contributed by atoms with van der Waals surface area (Å²) in [5.74, 6) is -0.844. The first kappa shape index (κ1) is 9.01. The predicted octanol–water partition coefficient (Wildman–Crippen LogP) is 0.131. The quantitative estimate of drug-likeness (QED) is 0.417. The van der Waals surface area contributed by atoms with Crippen LogP contribution >= 0.6 is 0 Å². The first-order chi connectivity index (χ1) is 4.72. The number of amides is 1. The number of ether oxygens (including phenoxy) is 1. The molecule has 0 aromatic carbocycles. The fraction of sp³-hybridized carbons (Fsp3) is 0.667. The van der Waals surface area contributed by atoms with Crippen molar-refractivity contribution in [2.75, 3.05) is 13.7 Å². The molecule has 0 N–H and O–H groups in total. The van der Waals surface area contributed by atoms with E-state index in [0.717, 1.165) is 0 Å². The summed E-state index contributed by atoms with van der Waals surface area (Å²) in [4.78, 5) is 23.1. The van der Waals surface area contributed by atoms with E-state index in [-0.39, 0.29) is 12.5 Å². The molecule has 56 valence electrons. The summed E-state index contributed by atoms with van der Waals surface area (Å²) < 4.78 is 4.66. The van der Waals surface area contributed by atoms with Crippen molar-refractivity contribution in [3.05, 3.63) is 0 Å². The SMILES string of the molecule is COCC(C)C(=O)N=C=O. The van der Waals surface area contributed by atoms with E-state index < -0.39 is 5.91 Å². The first-order valence-electron chi connectivity index (χ1n) is 2.83. The molecule has 0 rings (SSSR count). The molecule has 0 saturated heterocycles. The molecule has 0 aromatic heterocycles. The fourth-order valence-electron chi connectivity index (χ4n) is 0.476. The van der Waals surface area contributed by atoms with Crippen molar-refractivity contribution >= 4 is 12.0 Å². The maximum absolute atomic E-state index is 10.6. The second-order valence-corrected chi connectivity index (χ2v) is 1.90. The molecule has 0 spiro atoms. The first-order valence-corrected chi connectivity index (χ1v) is 2.83. The number of isocyanates is 1. The lowest BCUT2D eigenvalue weighted by Gasteiger charge is -2.01. The molecule has 0 saturated carbocycles. The zero-order chi connectivity index (χ0) is 7.98. The van der Waals surface area contributed by atoms with E-state index in [1.807, 2.05) is 0 Å². The Kier molecular flexibility index (Phi) is 4.37. The second kappa shape index (κ2) is 4.85. The van der Waals surface area contributed by atoms with Gasteiger partial charge in [0, 0.05) is 7.11 Å². The highest BCUT2D eigenvalue weighted by Crippen LogP contribution is 1.96. The maximum atomic E-state index is 10.6. The highest BCUT2D eigenvalue weighted by Gasteiger charge is 2.10. The third kappa shape index (κ3) is 3.12. The molecule has 4 nitrogen and oxygen atoms in total. The average molecular weight is 143 g/mol. The number of methoxy groups -OCH3 is 1. The van der Waals surface area contributed by atoms with Gasteiger partial charge in [0.2, 0.25) is 6.08 Å². The van der Waals surface area contributed by atoms with Crippen LogP contribution in [0.4, 0.5) is 0 Å². The summed E-state index contributed by atoms with van der Waals surface area (Å²) in [7, 11) is 1.48. The normalized spacial score (nSPS) is 11.8. The molecule has 0 bridgehead atoms. The van der Waals surface area contributed by atoms with Crippen molar-refractivity contribution in [2.45, 2.75) is 6.92 Å². The zero-order valence-corrected chi connectivity index (χ0v) is 5.96. The van der Waals surface area contributed by atoms with Crippen LogP contribution in [0.3, 0.4) is 0 Å². The van der Waals surface area contributed by atoms with Gasteiger partial charge in [0.25, 0.3) is 5.91 Å². The molecule has 10 heavy (non-hydrogen) atoms. The van der Waals surface area contributed by atoms with Crippen molar-refractivity contribution in [3.63, 3.8) is 0 Å². The summed E-state index contributed by atoms with van der Waals surface area (Å²) in [6.45, 7) is 1.91. The van der Waals surface area contributed by atoms with Crippen molar-refractivity contribution in [2.24, 2.45) is 10.9 Å². The van der Waals surface area contributed by atoms with Crippen LogP contribution in [-0.4, -0.2) is 25.7 Å². The van der Waals surface area contributed by atoms with E-state index in [1.165, 1.54) is 13.2 Å². The minimum atomic E-state index is -0.489. The molecule has 1 atom stereocenters. The third-order valence-electron chi connectivity index (χ3n) is 0.994. The standard InChI is InChI=1S/C6H9NO3/c1-5(3-10-2)6(9)7-4-8/h5H,3H2,1-2H3. The van der Waals surface area contributed by atoms with Crippen molar-refractivity contribution in [3.8, 4) is 0 Å². The van der Waals surface area contributed by atoms with Gasteiger partial charge in [0.1, 0.15) is 0 Å². The van der Waals surface area contributed by atoms with Crippen LogP contribution in [0.5, 0.6) is 0 Å². The number of carbonyl (C=O) groups excluding carboxylic acids is 2. The fourth-order valence-corrected chi connectivity index (χ4v) is 0.476. The maximum Gasteiger partial charge on any atom is 0.261 e. The molecule has 0 aliphatic heterocycles. The van der Waals surface area contributed by atoms with E-state index in [4.69, 9.17) is 0 Å². The van der Waals surface area contributed by atoms with Crippen LogP contribution in [0.15, 0.2) is 4.99 Å². The van der Waals surface area contributed by atoms with Crippen LogP contribution in [0.1, 0.15) is 6.92 Å². The van der Waals surface area contributed by atoms with Gasteiger partial charge < -0.3 is 4.74 Å². The van der Waals surface area contributed by atoms with Gasteiger partial charge in [-0.3, -0.25) is 4.79 Å². The Bertz CT molecular complexity index is 160. The highest BCUT2D eigenvalue weighted by atomic mass is 16.5. The Morgan fingerprint density at radius 2 is 2.40 bits per heavy atom. The smallest absolute Gasteiger partial charge is 0.261 e. The number of hydrogen-bond acceptors (Lipinski definition) is 3. The minimum absolute atomic E-state index is 0.282. The lowest BCUT2D eigenvalue weighted by Crippen LogP contribution is -2.13. The molecule has 0 aliphatic carbocycles. The molecule has 4 heteroatoms. The number of rotatable bonds is 3. The van der Waals surface area contributed by atoms with Gasteiger partial charge in [-0.15, -0.1) is 4.99 Å². The number of hydrogen-bond donors (Lipinski definition) is 0. The Morgan fingerprint density at radius 3 is 2.80 bits per heavy atom.